The van der Waals surface area contributed by atoms with Gasteiger partial charge in [0.05, 0.1) is 27.4 Å². The molecule has 0 amide bonds. The van der Waals surface area contributed by atoms with Gasteiger partial charge in [-0.05, 0) is 25.1 Å². The summed E-state index contributed by atoms with van der Waals surface area (Å²) in [6, 6.07) is 5.65. The third-order valence-corrected chi connectivity index (χ3v) is 5.28. The monoisotopic (exact) mass is 306 g/mol. The number of hydrogen-bond donors (Lipinski definition) is 0. The quantitative estimate of drug-likeness (QED) is 0.859. The normalized spacial score (nSPS) is 13.3. The van der Waals surface area contributed by atoms with Gasteiger partial charge in [-0.3, -0.25) is 0 Å². The van der Waals surface area contributed by atoms with Gasteiger partial charge in [0.1, 0.15) is 0 Å². The average molecular weight is 307 g/mol. The largest absolute Gasteiger partial charge is 0.243 e. The van der Waals surface area contributed by atoms with E-state index in [2.05, 4.69) is 0 Å². The van der Waals surface area contributed by atoms with Crippen molar-refractivity contribution in [1.82, 2.24) is 4.31 Å². The highest BCUT2D eigenvalue weighted by atomic mass is 35.5. The summed E-state index contributed by atoms with van der Waals surface area (Å²) in [5.41, 5.74) is 0. The van der Waals surface area contributed by atoms with Gasteiger partial charge in [-0.2, -0.15) is 9.57 Å². The first-order valence-corrected chi connectivity index (χ1v) is 7.30. The Kier molecular flexibility index (Phi) is 5.00. The molecule has 18 heavy (non-hydrogen) atoms. The Morgan fingerprint density at radius 1 is 1.39 bits per heavy atom. The zero-order chi connectivity index (χ0) is 13.9. The van der Waals surface area contributed by atoms with Gasteiger partial charge in [-0.25, -0.2) is 8.42 Å². The predicted molar refractivity (Wildman–Crippen MR) is 71.1 cm³/mol. The number of nitriles is 1. The minimum absolute atomic E-state index is 0.0594. The van der Waals surface area contributed by atoms with Gasteiger partial charge in [0.2, 0.25) is 10.0 Å². The van der Waals surface area contributed by atoms with Crippen molar-refractivity contribution < 1.29 is 8.42 Å². The van der Waals surface area contributed by atoms with E-state index in [1.807, 2.05) is 6.07 Å². The van der Waals surface area contributed by atoms with Crippen molar-refractivity contribution in [2.45, 2.75) is 24.3 Å². The first-order chi connectivity index (χ1) is 8.30. The summed E-state index contributed by atoms with van der Waals surface area (Å²) in [5, 5.41) is 9.07. The molecule has 0 fully saturated rings. The van der Waals surface area contributed by atoms with Crippen LogP contribution in [0, 0.1) is 11.3 Å². The average Bonchev–Trinajstić information content (AvgIpc) is 2.31. The highest BCUT2D eigenvalue weighted by Gasteiger charge is 2.25. The Morgan fingerprint density at radius 2 is 2.00 bits per heavy atom. The maximum atomic E-state index is 12.2. The lowest BCUT2D eigenvalue weighted by atomic mass is 10.3. The molecule has 1 unspecified atom stereocenters. The van der Waals surface area contributed by atoms with Crippen LogP contribution in [0.3, 0.4) is 0 Å². The Morgan fingerprint density at radius 3 is 2.50 bits per heavy atom. The van der Waals surface area contributed by atoms with Gasteiger partial charge in [-0.15, -0.1) is 0 Å². The van der Waals surface area contributed by atoms with Crippen molar-refractivity contribution in [2.75, 3.05) is 7.05 Å². The predicted octanol–water partition coefficient (Wildman–Crippen LogP) is 2.92. The Bertz CT molecular complexity index is 581. The first kappa shape index (κ1) is 15.3. The molecule has 0 heterocycles. The van der Waals surface area contributed by atoms with Crippen LogP contribution >= 0.6 is 23.2 Å². The van der Waals surface area contributed by atoms with Gasteiger partial charge in [0.25, 0.3) is 0 Å². The summed E-state index contributed by atoms with van der Waals surface area (Å²) < 4.78 is 25.6. The molecule has 1 aromatic rings. The highest BCUT2D eigenvalue weighted by Crippen LogP contribution is 2.26. The first-order valence-electron chi connectivity index (χ1n) is 5.10. The molecule has 7 heteroatoms. The maximum Gasteiger partial charge on any atom is 0.243 e. The van der Waals surface area contributed by atoms with E-state index in [-0.39, 0.29) is 16.3 Å². The Balaban J connectivity index is 3.14. The second-order valence-corrected chi connectivity index (χ2v) is 6.62. The van der Waals surface area contributed by atoms with Crippen LogP contribution in [0.25, 0.3) is 0 Å². The molecule has 0 saturated carbocycles. The standard InChI is InChI=1S/C11H12Cl2N2O2S/c1-8(5-6-14)15(2)18(16,17)9-3-4-10(12)11(13)7-9/h3-4,7-8H,5H2,1-2H3. The minimum Gasteiger partial charge on any atom is -0.207 e. The molecule has 0 aliphatic heterocycles. The summed E-state index contributed by atoms with van der Waals surface area (Å²) in [4.78, 5) is 0.0594. The van der Waals surface area contributed by atoms with Gasteiger partial charge >= 0.3 is 0 Å². The molecule has 0 aliphatic rings. The molecule has 98 valence electrons. The van der Waals surface area contributed by atoms with E-state index in [0.717, 1.165) is 4.31 Å². The van der Waals surface area contributed by atoms with Crippen LogP contribution in [0.15, 0.2) is 23.1 Å². The summed E-state index contributed by atoms with van der Waals surface area (Å²) in [7, 11) is -2.23. The molecule has 1 atom stereocenters. The van der Waals surface area contributed by atoms with E-state index in [1.165, 1.54) is 25.2 Å². The van der Waals surface area contributed by atoms with Crippen molar-refractivity contribution in [2.24, 2.45) is 0 Å². The van der Waals surface area contributed by atoms with Crippen LogP contribution in [0.5, 0.6) is 0 Å². The summed E-state index contributed by atoms with van der Waals surface area (Å²) in [6.45, 7) is 1.66. The van der Waals surface area contributed by atoms with E-state index in [4.69, 9.17) is 28.5 Å². The van der Waals surface area contributed by atoms with Crippen molar-refractivity contribution in [3.8, 4) is 6.07 Å². The van der Waals surface area contributed by atoms with Gasteiger partial charge in [0, 0.05) is 13.1 Å². The van der Waals surface area contributed by atoms with Crippen LogP contribution in [-0.4, -0.2) is 25.8 Å². The van der Waals surface area contributed by atoms with E-state index in [9.17, 15) is 8.42 Å². The van der Waals surface area contributed by atoms with E-state index < -0.39 is 16.1 Å². The summed E-state index contributed by atoms with van der Waals surface area (Å²) >= 11 is 11.5. The van der Waals surface area contributed by atoms with Crippen molar-refractivity contribution in [1.29, 1.82) is 5.26 Å². The van der Waals surface area contributed by atoms with Gasteiger partial charge in [0.15, 0.2) is 0 Å². The molecule has 0 spiro atoms. The summed E-state index contributed by atoms with van der Waals surface area (Å²) in [5.74, 6) is 0. The zero-order valence-electron chi connectivity index (χ0n) is 9.89. The van der Waals surface area contributed by atoms with Crippen LogP contribution in [0.1, 0.15) is 13.3 Å². The minimum atomic E-state index is -3.66. The lowest BCUT2D eigenvalue weighted by Crippen LogP contribution is -2.34. The number of nitrogens with zero attached hydrogens (tertiary/aromatic N) is 2. The molecule has 1 rings (SSSR count). The lowest BCUT2D eigenvalue weighted by molar-refractivity contribution is 0.393. The molecule has 1 aromatic carbocycles. The topological polar surface area (TPSA) is 61.2 Å². The second kappa shape index (κ2) is 5.89. The fraction of sp³-hybridized carbons (Fsp3) is 0.364. The fourth-order valence-electron chi connectivity index (χ4n) is 1.30. The van der Waals surface area contributed by atoms with Crippen LogP contribution < -0.4 is 0 Å². The molecule has 4 nitrogen and oxygen atoms in total. The number of sulfonamides is 1. The second-order valence-electron chi connectivity index (χ2n) is 3.81. The summed E-state index contributed by atoms with van der Waals surface area (Å²) in [6.07, 6.45) is 0.122. The molecule has 0 bridgehead atoms. The maximum absolute atomic E-state index is 12.2. The lowest BCUT2D eigenvalue weighted by Gasteiger charge is -2.22. The van der Waals surface area contributed by atoms with E-state index in [1.54, 1.807) is 6.92 Å². The van der Waals surface area contributed by atoms with Gasteiger partial charge in [-0.1, -0.05) is 23.2 Å². The van der Waals surface area contributed by atoms with E-state index in [0.29, 0.717) is 5.02 Å². The number of benzene rings is 1. The fourth-order valence-corrected chi connectivity index (χ4v) is 3.05. The number of halogens is 2. The molecule has 0 aromatic heterocycles. The Labute approximate surface area is 117 Å². The molecule has 0 radical (unpaired) electrons. The number of rotatable bonds is 4. The van der Waals surface area contributed by atoms with Crippen molar-refractivity contribution >= 4 is 33.2 Å². The molecular weight excluding hydrogens is 295 g/mol. The third-order valence-electron chi connectivity index (χ3n) is 2.58. The smallest absolute Gasteiger partial charge is 0.207 e. The van der Waals surface area contributed by atoms with Crippen molar-refractivity contribution in [3.63, 3.8) is 0 Å². The van der Waals surface area contributed by atoms with Crippen LogP contribution in [0.4, 0.5) is 0 Å². The Hall–Kier alpha value is -0.800. The van der Waals surface area contributed by atoms with E-state index >= 15 is 0 Å². The van der Waals surface area contributed by atoms with Crippen LogP contribution in [0.2, 0.25) is 10.0 Å². The highest BCUT2D eigenvalue weighted by molar-refractivity contribution is 7.89. The van der Waals surface area contributed by atoms with Crippen molar-refractivity contribution in [3.05, 3.63) is 28.2 Å². The van der Waals surface area contributed by atoms with Gasteiger partial charge < -0.3 is 0 Å². The molecular formula is C11H12Cl2N2O2S. The zero-order valence-corrected chi connectivity index (χ0v) is 12.2. The van der Waals surface area contributed by atoms with Crippen LogP contribution in [-0.2, 0) is 10.0 Å². The molecule has 0 aliphatic carbocycles. The molecule has 0 N–H and O–H groups in total. The molecule has 0 saturated heterocycles. The third kappa shape index (κ3) is 3.15. The number of hydrogen-bond acceptors (Lipinski definition) is 3. The SMILES string of the molecule is CC(CC#N)N(C)S(=O)(=O)c1ccc(Cl)c(Cl)c1.